The van der Waals surface area contributed by atoms with E-state index in [1.54, 1.807) is 0 Å². The van der Waals surface area contributed by atoms with E-state index < -0.39 is 110 Å². The van der Waals surface area contributed by atoms with Crippen molar-refractivity contribution in [2.24, 2.45) is 0 Å². The Morgan fingerprint density at radius 3 is 0.511 bits per heavy atom. The monoisotopic (exact) mass is 762 g/mol. The smallest absolute Gasteiger partial charge is 0.358 e. The van der Waals surface area contributed by atoms with Gasteiger partial charge in [0.05, 0.1) is 0 Å². The Bertz CT molecular complexity index is 1310. The van der Waals surface area contributed by atoms with Crippen molar-refractivity contribution in [3.05, 3.63) is 159 Å². The summed E-state index contributed by atoms with van der Waals surface area (Å²) in [6.45, 7) is -0.213. The van der Waals surface area contributed by atoms with Crippen molar-refractivity contribution in [1.29, 1.82) is 0 Å². The number of halogens is 15. The van der Waals surface area contributed by atoms with Crippen molar-refractivity contribution in [2.45, 2.75) is 6.82 Å². The largest absolute Gasteiger partial charge is 2.00 e. The summed E-state index contributed by atoms with van der Waals surface area (Å²) in [5, 5.41) is 0. The molecular weight excluding hydrogens is 747 g/mol. The zero-order chi connectivity index (χ0) is 34.0. The predicted molar refractivity (Wildman–Crippen MR) is 139 cm³/mol. The van der Waals surface area contributed by atoms with Gasteiger partial charge in [-0.15, -0.1) is 16.4 Å². The minimum Gasteiger partial charge on any atom is -0.358 e. The van der Waals surface area contributed by atoms with Crippen molar-refractivity contribution < 1.29 is 92.1 Å². The van der Waals surface area contributed by atoms with Crippen LogP contribution in [-0.4, -0.2) is 6.15 Å². The quantitative estimate of drug-likeness (QED) is 0.0861. The summed E-state index contributed by atoms with van der Waals surface area (Å²) < 4.78 is 212. The third-order valence-electron chi connectivity index (χ3n) is 6.57. The molecule has 3 aromatic carbocycles. The van der Waals surface area contributed by atoms with E-state index in [1.807, 2.05) is 64.2 Å². The molecule has 5 rings (SSSR count). The van der Waals surface area contributed by atoms with Crippen LogP contribution in [0.3, 0.4) is 0 Å². The molecule has 2 aliphatic carbocycles. The fourth-order valence-electron chi connectivity index (χ4n) is 4.46. The van der Waals surface area contributed by atoms with E-state index in [1.165, 1.54) is 0 Å². The standard InChI is InChI=1S/C19H3BF15.2C5H5.CH3.Zr/c1-20(2-5(21)11(27)17(33)12(28)6(2)22,3-7(23)13(29)18(34)14(30)8(3)24)4-9(25)15(31)19(35)16(32)10(4)26;2*1-2-4-5-3-1;;/h1H3;2*1-5H;1H3;/q-1;;;-1;+2. The van der Waals surface area contributed by atoms with Crippen molar-refractivity contribution in [3.8, 4) is 0 Å². The molecule has 2 saturated carbocycles. The SMILES string of the molecule is C[B-](c1c(F)c(F)c(F)c(F)c1F)(c1c(F)c(F)c(F)c(F)c1F)c1c(F)c(F)c(F)c(F)c1F.[CH3-].[CH]1[CH][CH][CH][CH]1.[CH]1[CH][CH][CH][CH]1.[Zr+2]. The van der Waals surface area contributed by atoms with E-state index in [9.17, 15) is 65.9 Å². The van der Waals surface area contributed by atoms with Gasteiger partial charge in [-0.1, -0.05) is 0 Å². The van der Waals surface area contributed by atoms with Crippen LogP contribution in [0.1, 0.15) is 0 Å². The summed E-state index contributed by atoms with van der Waals surface area (Å²) in [6.07, 6.45) is 14.6. The molecule has 3 aromatic rings. The second-order valence-corrected chi connectivity index (χ2v) is 9.17. The van der Waals surface area contributed by atoms with Crippen LogP contribution >= 0.6 is 0 Å². The summed E-state index contributed by atoms with van der Waals surface area (Å²) in [7, 11) is 0. The number of rotatable bonds is 3. The van der Waals surface area contributed by atoms with E-state index >= 15 is 0 Å². The number of hydrogen-bond donors (Lipinski definition) is 0. The molecule has 0 bridgehead atoms. The van der Waals surface area contributed by atoms with Crippen LogP contribution < -0.4 is 16.4 Å². The van der Waals surface area contributed by atoms with Gasteiger partial charge in [0.1, 0.15) is 41.0 Å². The zero-order valence-corrected chi connectivity index (χ0v) is 26.0. The van der Waals surface area contributed by atoms with E-state index in [4.69, 9.17) is 0 Å². The predicted octanol–water partition coefficient (Wildman–Crippen LogP) is 7.36. The maximum Gasteiger partial charge on any atom is 2.00 e. The number of hydrogen-bond acceptors (Lipinski definition) is 0. The topological polar surface area (TPSA) is 0 Å². The molecule has 2 aliphatic rings. The molecule has 0 N–H and O–H groups in total. The molecule has 0 atom stereocenters. The van der Waals surface area contributed by atoms with Gasteiger partial charge in [0.25, 0.3) is 0 Å². The fraction of sp³-hybridized carbons (Fsp3) is 0.0333. The molecule has 0 saturated heterocycles. The van der Waals surface area contributed by atoms with E-state index in [-0.39, 0.29) is 40.5 Å². The molecule has 0 unspecified atom stereocenters. The first-order chi connectivity index (χ1) is 21.0. The molecule has 0 amide bonds. The van der Waals surface area contributed by atoms with Crippen molar-refractivity contribution >= 4 is 22.5 Å². The Kier molecular flexibility index (Phi) is 15.7. The maximum atomic E-state index is 14.6. The Morgan fingerprint density at radius 2 is 0.383 bits per heavy atom. The van der Waals surface area contributed by atoms with Crippen LogP contribution in [0.25, 0.3) is 0 Å². The van der Waals surface area contributed by atoms with Gasteiger partial charge in [0.2, 0.25) is 0 Å². The molecular formula is C30H16BF15Zr. The molecule has 0 spiro atoms. The van der Waals surface area contributed by atoms with Crippen LogP contribution in [0, 0.1) is 159 Å². The van der Waals surface area contributed by atoms with Gasteiger partial charge >= 0.3 is 26.2 Å². The second kappa shape index (κ2) is 17.3. The fourth-order valence-corrected chi connectivity index (χ4v) is 4.46. The van der Waals surface area contributed by atoms with E-state index in [0.29, 0.717) is 0 Å². The molecule has 17 heteroatoms. The molecule has 0 heterocycles. The summed E-state index contributed by atoms with van der Waals surface area (Å²) >= 11 is 0. The van der Waals surface area contributed by atoms with Gasteiger partial charge in [0.15, 0.2) is 52.4 Å². The number of benzene rings is 3. The summed E-state index contributed by atoms with van der Waals surface area (Å²) in [4.78, 5) is 0. The molecule has 248 valence electrons. The van der Waals surface area contributed by atoms with Crippen LogP contribution in [0.4, 0.5) is 65.9 Å². The summed E-state index contributed by atoms with van der Waals surface area (Å²) in [5.41, 5.74) is -7.89. The minimum absolute atomic E-state index is 0. The van der Waals surface area contributed by atoms with E-state index in [2.05, 4.69) is 0 Å². The van der Waals surface area contributed by atoms with Crippen molar-refractivity contribution in [1.82, 2.24) is 0 Å². The van der Waals surface area contributed by atoms with Gasteiger partial charge in [0, 0.05) is 0 Å². The second-order valence-electron chi connectivity index (χ2n) is 9.17. The first-order valence-corrected chi connectivity index (χ1v) is 12.1. The average molecular weight is 763 g/mol. The molecule has 0 nitrogen and oxygen atoms in total. The molecule has 10 radical (unpaired) electrons. The molecule has 0 aromatic heterocycles. The Balaban J connectivity index is 0.000000781. The first-order valence-electron chi connectivity index (χ1n) is 12.1. The van der Waals surface area contributed by atoms with Gasteiger partial charge in [-0.3, -0.25) is 0 Å². The summed E-state index contributed by atoms with van der Waals surface area (Å²) in [6, 6.07) is 0. The van der Waals surface area contributed by atoms with E-state index in [0.717, 1.165) is 0 Å². The Morgan fingerprint density at radius 1 is 0.277 bits per heavy atom. The van der Waals surface area contributed by atoms with Crippen LogP contribution in [0.2, 0.25) is 6.82 Å². The van der Waals surface area contributed by atoms with Crippen LogP contribution in [0.15, 0.2) is 0 Å². The molecule has 0 aliphatic heterocycles. The molecule has 2 fully saturated rings. The Labute approximate surface area is 279 Å². The van der Waals surface area contributed by atoms with Gasteiger partial charge < -0.3 is 7.43 Å². The van der Waals surface area contributed by atoms with Gasteiger partial charge in [-0.05, 0) is 64.2 Å². The average Bonchev–Trinajstić information content (AvgIpc) is 3.79. The van der Waals surface area contributed by atoms with Gasteiger partial charge in [-0.2, -0.15) is 6.82 Å². The van der Waals surface area contributed by atoms with Crippen LogP contribution in [0.5, 0.6) is 0 Å². The summed E-state index contributed by atoms with van der Waals surface area (Å²) in [5.74, 6) is -45.1. The van der Waals surface area contributed by atoms with Crippen molar-refractivity contribution in [2.75, 3.05) is 0 Å². The third-order valence-corrected chi connectivity index (χ3v) is 6.57. The van der Waals surface area contributed by atoms with Gasteiger partial charge in [-0.25, -0.2) is 65.9 Å². The van der Waals surface area contributed by atoms with Crippen LogP contribution in [-0.2, 0) is 26.2 Å². The van der Waals surface area contributed by atoms with Crippen molar-refractivity contribution in [3.63, 3.8) is 0 Å². The minimum atomic E-state index is -5.41. The zero-order valence-electron chi connectivity index (χ0n) is 23.5. The third kappa shape index (κ3) is 7.90. The first kappa shape index (κ1) is 42.6. The normalized spacial score (nSPS) is 14.0. The molecule has 47 heavy (non-hydrogen) atoms. The Hall–Kier alpha value is -2.44. The maximum absolute atomic E-state index is 14.6.